The van der Waals surface area contributed by atoms with Crippen LogP contribution in [0.15, 0.2) is 0 Å². The average molecular weight is 278 g/mol. The maximum Gasteiger partial charge on any atom is 0.410 e. The predicted octanol–water partition coefficient (Wildman–Crippen LogP) is 2.96. The summed E-state index contributed by atoms with van der Waals surface area (Å²) in [5.74, 6) is 0. The van der Waals surface area contributed by atoms with Crippen LogP contribution in [0.2, 0.25) is 45.3 Å². The summed E-state index contributed by atoms with van der Waals surface area (Å²) in [5, 5.41) is 0. The van der Waals surface area contributed by atoms with E-state index in [-0.39, 0.29) is 0 Å². The van der Waals surface area contributed by atoms with Gasteiger partial charge in [-0.3, -0.25) is 0 Å². The fourth-order valence-electron chi connectivity index (χ4n) is 2.45. The first-order valence-corrected chi connectivity index (χ1v) is 15.0. The average Bonchev–Trinajstić information content (AvgIpc) is 2.45. The van der Waals surface area contributed by atoms with Gasteiger partial charge in [-0.15, -0.1) is 0 Å². The topological polar surface area (TPSA) is 21.7 Å². The van der Waals surface area contributed by atoms with Crippen molar-refractivity contribution in [2.45, 2.75) is 51.7 Å². The lowest BCUT2D eigenvalue weighted by atomic mass is 10.5. The van der Waals surface area contributed by atoms with Gasteiger partial charge in [0.25, 0.3) is 0 Å². The highest BCUT2D eigenvalue weighted by Crippen LogP contribution is 2.34. The molecule has 1 unspecified atom stereocenters. The summed E-state index contributed by atoms with van der Waals surface area (Å²) in [4.78, 5) is 0. The van der Waals surface area contributed by atoms with Crippen molar-refractivity contribution >= 4 is 25.3 Å². The molecule has 16 heavy (non-hydrogen) atoms. The predicted molar refractivity (Wildman–Crippen MR) is 76.7 cm³/mol. The van der Waals surface area contributed by atoms with E-state index in [2.05, 4.69) is 43.5 Å². The van der Waals surface area contributed by atoms with Crippen molar-refractivity contribution < 1.29 is 8.54 Å². The van der Waals surface area contributed by atoms with Crippen LogP contribution in [-0.2, 0) is 8.54 Å². The van der Waals surface area contributed by atoms with Crippen LogP contribution in [0.4, 0.5) is 0 Å². The lowest BCUT2D eigenvalue weighted by molar-refractivity contribution is 0.259. The fourth-order valence-corrected chi connectivity index (χ4v) is 15.2. The van der Waals surface area contributed by atoms with Crippen molar-refractivity contribution in [1.82, 2.24) is 4.23 Å². The van der Waals surface area contributed by atoms with Crippen LogP contribution in [-0.4, -0.2) is 43.2 Å². The van der Waals surface area contributed by atoms with Gasteiger partial charge in [-0.1, -0.05) is 19.6 Å². The molecule has 0 N–H and O–H groups in total. The molecular formula is C10H27NO2Si3. The Morgan fingerprint density at radius 1 is 1.06 bits per heavy atom. The Bertz CT molecular complexity index is 249. The molecule has 1 saturated heterocycles. The Labute approximate surface area is 104 Å². The molecule has 0 amide bonds. The summed E-state index contributed by atoms with van der Waals surface area (Å²) in [6.45, 7) is 15.2. The summed E-state index contributed by atoms with van der Waals surface area (Å²) < 4.78 is 15.1. The first-order valence-electron chi connectivity index (χ1n) is 6.14. The Kier molecular flexibility index (Phi) is 4.25. The molecule has 1 aliphatic rings. The summed E-state index contributed by atoms with van der Waals surface area (Å²) in [6, 6.07) is 1.15. The first kappa shape index (κ1) is 14.6. The molecule has 3 nitrogen and oxygen atoms in total. The molecule has 0 aliphatic carbocycles. The number of rotatable bonds is 4. The van der Waals surface area contributed by atoms with Crippen LogP contribution < -0.4 is 0 Å². The van der Waals surface area contributed by atoms with Crippen LogP contribution in [0.25, 0.3) is 0 Å². The van der Waals surface area contributed by atoms with E-state index in [4.69, 9.17) is 8.54 Å². The molecular weight excluding hydrogens is 250 g/mol. The Hall–Kier alpha value is 0.531. The zero-order valence-corrected chi connectivity index (χ0v) is 14.9. The molecule has 0 saturated carbocycles. The minimum Gasteiger partial charge on any atom is -0.425 e. The molecule has 96 valence electrons. The highest BCUT2D eigenvalue weighted by Gasteiger charge is 2.54. The zero-order chi connectivity index (χ0) is 12.6. The van der Waals surface area contributed by atoms with E-state index in [9.17, 15) is 0 Å². The second-order valence-electron chi connectivity index (χ2n) is 6.56. The minimum atomic E-state index is -2.05. The lowest BCUT2D eigenvalue weighted by Crippen LogP contribution is -2.65. The Morgan fingerprint density at radius 3 is 2.00 bits per heavy atom. The second kappa shape index (κ2) is 4.66. The van der Waals surface area contributed by atoms with E-state index >= 15 is 0 Å². The van der Waals surface area contributed by atoms with Gasteiger partial charge in [0.2, 0.25) is 0 Å². The van der Waals surface area contributed by atoms with Crippen LogP contribution in [0, 0.1) is 0 Å². The van der Waals surface area contributed by atoms with Gasteiger partial charge in [0, 0.05) is 13.2 Å². The molecule has 0 radical (unpaired) electrons. The van der Waals surface area contributed by atoms with E-state index in [1.54, 1.807) is 0 Å². The monoisotopic (exact) mass is 277 g/mol. The van der Waals surface area contributed by atoms with Gasteiger partial charge in [-0.2, -0.15) is 0 Å². The molecule has 1 aliphatic heterocycles. The van der Waals surface area contributed by atoms with Gasteiger partial charge in [-0.25, -0.2) is 0 Å². The van der Waals surface area contributed by atoms with Crippen LogP contribution in [0.5, 0.6) is 0 Å². The zero-order valence-electron chi connectivity index (χ0n) is 11.9. The Morgan fingerprint density at radius 2 is 1.62 bits per heavy atom. The number of hydrogen-bond acceptors (Lipinski definition) is 3. The van der Waals surface area contributed by atoms with E-state index in [0.29, 0.717) is 0 Å². The maximum atomic E-state index is 6.49. The van der Waals surface area contributed by atoms with Crippen molar-refractivity contribution in [3.8, 4) is 0 Å². The number of nitrogens with zero attached hydrogens (tertiary/aromatic N) is 1. The van der Waals surface area contributed by atoms with Crippen molar-refractivity contribution in [3.63, 3.8) is 0 Å². The van der Waals surface area contributed by atoms with Gasteiger partial charge < -0.3 is 12.8 Å². The fraction of sp³-hybridized carbons (Fsp3) is 1.00. The third-order valence-electron chi connectivity index (χ3n) is 2.88. The van der Waals surface area contributed by atoms with Gasteiger partial charge in [-0.05, 0) is 32.6 Å². The molecule has 0 spiro atoms. The quantitative estimate of drug-likeness (QED) is 0.738. The Balaban J connectivity index is 2.93. The smallest absolute Gasteiger partial charge is 0.410 e. The molecule has 0 aromatic heterocycles. The van der Waals surface area contributed by atoms with Crippen LogP contribution >= 0.6 is 0 Å². The third-order valence-corrected chi connectivity index (χ3v) is 14.2. The van der Waals surface area contributed by atoms with E-state index in [1.807, 2.05) is 7.11 Å². The normalized spacial score (nSPS) is 28.7. The molecule has 1 atom stereocenters. The summed E-state index contributed by atoms with van der Waals surface area (Å²) in [5.41, 5.74) is 0. The van der Waals surface area contributed by atoms with Crippen molar-refractivity contribution in [2.75, 3.05) is 13.7 Å². The van der Waals surface area contributed by atoms with Gasteiger partial charge in [0.05, 0.1) is 0 Å². The molecule has 0 bridgehead atoms. The lowest BCUT2D eigenvalue weighted by Gasteiger charge is -2.44. The summed E-state index contributed by atoms with van der Waals surface area (Å²) in [6.07, 6.45) is 1.24. The van der Waals surface area contributed by atoms with Crippen molar-refractivity contribution in [2.24, 2.45) is 0 Å². The number of hydrogen-bond donors (Lipinski definition) is 0. The van der Waals surface area contributed by atoms with Crippen molar-refractivity contribution in [1.29, 1.82) is 0 Å². The largest absolute Gasteiger partial charge is 0.425 e. The van der Waals surface area contributed by atoms with Gasteiger partial charge in [0.15, 0.2) is 8.32 Å². The molecule has 0 aromatic carbocycles. The standard InChI is InChI=1S/C10H27NO2Si3/c1-12-16(13-15(5,6)7)10-8-9-11(16)14(2,3)4/h8-10H2,1-7H3. The highest BCUT2D eigenvalue weighted by molar-refractivity contribution is 6.90. The minimum absolute atomic E-state index is 1.15. The molecule has 1 fully saturated rings. The molecule has 1 rings (SSSR count). The summed E-state index contributed by atoms with van der Waals surface area (Å²) >= 11 is 0. The summed E-state index contributed by atoms with van der Waals surface area (Å²) in [7, 11) is -3.03. The highest BCUT2D eigenvalue weighted by atomic mass is 28.5. The maximum absolute atomic E-state index is 6.49. The SMILES string of the molecule is CO[Si]1(O[Si](C)(C)C)CCCN1[Si](C)(C)C. The van der Waals surface area contributed by atoms with Gasteiger partial charge >= 0.3 is 8.72 Å². The van der Waals surface area contributed by atoms with Crippen LogP contribution in [0.1, 0.15) is 6.42 Å². The van der Waals surface area contributed by atoms with Gasteiger partial charge in [0.1, 0.15) is 8.24 Å². The third kappa shape index (κ3) is 3.27. The molecule has 1 heterocycles. The van der Waals surface area contributed by atoms with Crippen LogP contribution in [0.3, 0.4) is 0 Å². The van der Waals surface area contributed by atoms with E-state index in [1.165, 1.54) is 13.0 Å². The second-order valence-corrected chi connectivity index (χ2v) is 19.8. The molecule has 6 heteroatoms. The molecule has 0 aromatic rings. The van der Waals surface area contributed by atoms with E-state index in [0.717, 1.165) is 6.04 Å². The van der Waals surface area contributed by atoms with E-state index < -0.39 is 25.3 Å². The first-order chi connectivity index (χ1) is 7.11. The van der Waals surface area contributed by atoms with Crippen molar-refractivity contribution in [3.05, 3.63) is 0 Å².